The summed E-state index contributed by atoms with van der Waals surface area (Å²) in [7, 11) is -2.88. The van der Waals surface area contributed by atoms with Crippen molar-refractivity contribution in [3.63, 3.8) is 0 Å². The van der Waals surface area contributed by atoms with Crippen LogP contribution in [0, 0.1) is 6.92 Å². The topological polar surface area (TPSA) is 113 Å². The number of amides is 1. The number of methoxy groups -OCH3 is 1. The first-order chi connectivity index (χ1) is 13.6. The molecule has 0 radical (unpaired) electrons. The summed E-state index contributed by atoms with van der Waals surface area (Å²) in [5.41, 5.74) is 1.65. The highest BCUT2D eigenvalue weighted by Crippen LogP contribution is 2.36. The van der Waals surface area contributed by atoms with Crippen molar-refractivity contribution in [2.45, 2.75) is 38.1 Å². The largest absolute Gasteiger partial charge is 0.505 e. The maximum Gasteiger partial charge on any atom is 0.341 e. The minimum atomic E-state index is -4.05. The average Bonchev–Trinajstić information content (AvgIpc) is 2.99. The van der Waals surface area contributed by atoms with E-state index < -0.39 is 21.7 Å². The van der Waals surface area contributed by atoms with E-state index in [1.165, 1.54) is 38.3 Å². The zero-order valence-corrected chi connectivity index (χ0v) is 17.3. The molecule has 8 nitrogen and oxygen atoms in total. The highest BCUT2D eigenvalue weighted by molar-refractivity contribution is 7.92. The zero-order chi connectivity index (χ0) is 21.5. The number of phenolic OH excluding ortho intramolecular Hbond substituents is 1. The smallest absolute Gasteiger partial charge is 0.341 e. The molecule has 1 amide bonds. The lowest BCUT2D eigenvalue weighted by atomic mass is 10.1. The van der Waals surface area contributed by atoms with Crippen LogP contribution in [0.25, 0.3) is 0 Å². The molecule has 29 heavy (non-hydrogen) atoms. The van der Waals surface area contributed by atoms with Crippen LogP contribution in [-0.4, -0.2) is 38.6 Å². The number of nitrogens with zero attached hydrogens (tertiary/aromatic N) is 1. The van der Waals surface area contributed by atoms with E-state index >= 15 is 0 Å². The van der Waals surface area contributed by atoms with E-state index in [1.54, 1.807) is 17.9 Å². The van der Waals surface area contributed by atoms with Gasteiger partial charge in [-0.15, -0.1) is 0 Å². The van der Waals surface area contributed by atoms with Gasteiger partial charge in [-0.05, 0) is 55.7 Å². The van der Waals surface area contributed by atoms with Gasteiger partial charge in [0.05, 0.1) is 17.7 Å². The molecule has 0 spiro atoms. The monoisotopic (exact) mass is 418 g/mol. The molecule has 0 unspecified atom stereocenters. The molecule has 0 aromatic heterocycles. The minimum absolute atomic E-state index is 0.00359. The molecule has 0 bridgehead atoms. The summed E-state index contributed by atoms with van der Waals surface area (Å²) in [6, 6.07) is 7.35. The van der Waals surface area contributed by atoms with Crippen molar-refractivity contribution in [1.82, 2.24) is 0 Å². The Kier molecular flexibility index (Phi) is 5.27. The molecule has 1 aliphatic rings. The van der Waals surface area contributed by atoms with Gasteiger partial charge in [0.15, 0.2) is 5.75 Å². The molecule has 2 aromatic carbocycles. The third kappa shape index (κ3) is 3.65. The lowest BCUT2D eigenvalue weighted by Gasteiger charge is -2.20. The minimum Gasteiger partial charge on any atom is -0.505 e. The Morgan fingerprint density at radius 1 is 1.24 bits per heavy atom. The summed E-state index contributed by atoms with van der Waals surface area (Å²) in [6.45, 7) is 4.97. The molecule has 2 aromatic rings. The summed E-state index contributed by atoms with van der Waals surface area (Å²) in [6.07, 6.45) is 0.542. The molecule has 1 heterocycles. The first-order valence-electron chi connectivity index (χ1n) is 8.93. The normalized spacial score (nSPS) is 15.7. The van der Waals surface area contributed by atoms with Crippen molar-refractivity contribution in [2.75, 3.05) is 16.7 Å². The quantitative estimate of drug-likeness (QED) is 0.583. The van der Waals surface area contributed by atoms with Gasteiger partial charge in [0.2, 0.25) is 5.91 Å². The Morgan fingerprint density at radius 2 is 1.93 bits per heavy atom. The second-order valence-electron chi connectivity index (χ2n) is 6.98. The van der Waals surface area contributed by atoms with Gasteiger partial charge in [-0.1, -0.05) is 6.07 Å². The van der Waals surface area contributed by atoms with Crippen molar-refractivity contribution in [3.05, 3.63) is 47.0 Å². The molecule has 0 saturated heterocycles. The van der Waals surface area contributed by atoms with Gasteiger partial charge < -0.3 is 14.7 Å². The summed E-state index contributed by atoms with van der Waals surface area (Å²) < 4.78 is 32.8. The number of aromatic hydroxyl groups is 1. The van der Waals surface area contributed by atoms with Gasteiger partial charge in [-0.3, -0.25) is 9.52 Å². The van der Waals surface area contributed by atoms with Crippen LogP contribution in [0.3, 0.4) is 0 Å². The molecule has 154 valence electrons. The van der Waals surface area contributed by atoms with Crippen LogP contribution in [-0.2, 0) is 26.0 Å². The third-order valence-corrected chi connectivity index (χ3v) is 6.29. The van der Waals surface area contributed by atoms with Crippen LogP contribution in [0.5, 0.6) is 5.75 Å². The molecule has 2 N–H and O–H groups in total. The first kappa shape index (κ1) is 20.7. The molecule has 0 fully saturated rings. The summed E-state index contributed by atoms with van der Waals surface area (Å²) in [4.78, 5) is 25.3. The number of fused-ring (bicyclic) bond motifs is 1. The molecule has 1 aliphatic heterocycles. The Hall–Kier alpha value is -3.07. The van der Waals surface area contributed by atoms with Gasteiger partial charge >= 0.3 is 5.97 Å². The van der Waals surface area contributed by atoms with Crippen molar-refractivity contribution in [1.29, 1.82) is 0 Å². The number of carbonyl (C=O) groups is 2. The van der Waals surface area contributed by atoms with Gasteiger partial charge in [0.25, 0.3) is 10.0 Å². The number of esters is 1. The van der Waals surface area contributed by atoms with E-state index in [0.717, 1.165) is 5.56 Å². The van der Waals surface area contributed by atoms with Gasteiger partial charge in [-0.25, -0.2) is 13.2 Å². The molecule has 3 rings (SSSR count). The Bertz CT molecular complexity index is 1110. The SMILES string of the molecule is COC(=O)c1ccc(C)c(NS(=O)(=O)c2ccc3c(c2)C[C@@H](C)N3C(C)=O)c1O. The lowest BCUT2D eigenvalue weighted by molar-refractivity contribution is -0.116. The van der Waals surface area contributed by atoms with E-state index in [4.69, 9.17) is 0 Å². The fourth-order valence-corrected chi connectivity index (χ4v) is 4.73. The molecule has 0 aliphatic carbocycles. The standard InChI is InChI=1S/C20H22N2O6S/c1-11-5-7-16(20(25)28-4)19(24)18(11)21-29(26,27)15-6-8-17-14(10-15)9-12(2)22(17)13(3)23/h5-8,10,12,21,24H,9H2,1-4H3/t12-/m1/s1. The lowest BCUT2D eigenvalue weighted by Crippen LogP contribution is -2.33. The van der Waals surface area contributed by atoms with E-state index in [-0.39, 0.29) is 28.1 Å². The van der Waals surface area contributed by atoms with E-state index in [1.807, 2.05) is 6.92 Å². The Balaban J connectivity index is 1.99. The number of rotatable bonds is 4. The second kappa shape index (κ2) is 7.40. The first-order valence-corrected chi connectivity index (χ1v) is 10.4. The number of carbonyl (C=O) groups excluding carboxylic acids is 2. The molecular formula is C20H22N2O6S. The highest BCUT2D eigenvalue weighted by Gasteiger charge is 2.30. The van der Waals surface area contributed by atoms with Crippen molar-refractivity contribution < 1.29 is 27.9 Å². The van der Waals surface area contributed by atoms with Crippen LogP contribution in [0.1, 0.15) is 35.3 Å². The predicted molar refractivity (Wildman–Crippen MR) is 108 cm³/mol. The zero-order valence-electron chi connectivity index (χ0n) is 16.5. The van der Waals surface area contributed by atoms with Crippen LogP contribution < -0.4 is 9.62 Å². The Labute approximate surface area is 169 Å². The van der Waals surface area contributed by atoms with Gasteiger partial charge in [0.1, 0.15) is 5.56 Å². The molecule has 1 atom stereocenters. The second-order valence-corrected chi connectivity index (χ2v) is 8.67. The maximum atomic E-state index is 12.9. The summed E-state index contributed by atoms with van der Waals surface area (Å²) in [5.74, 6) is -1.39. The highest BCUT2D eigenvalue weighted by atomic mass is 32.2. The number of hydrogen-bond acceptors (Lipinski definition) is 6. The van der Waals surface area contributed by atoms with E-state index in [2.05, 4.69) is 9.46 Å². The van der Waals surface area contributed by atoms with Crippen molar-refractivity contribution in [3.8, 4) is 5.75 Å². The van der Waals surface area contributed by atoms with Crippen molar-refractivity contribution in [2.24, 2.45) is 0 Å². The number of anilines is 2. The van der Waals surface area contributed by atoms with Crippen LogP contribution >= 0.6 is 0 Å². The van der Waals surface area contributed by atoms with Crippen molar-refractivity contribution >= 4 is 33.3 Å². The molecular weight excluding hydrogens is 396 g/mol. The average molecular weight is 418 g/mol. The fourth-order valence-electron chi connectivity index (χ4n) is 3.54. The number of hydrogen-bond donors (Lipinski definition) is 2. The predicted octanol–water partition coefficient (Wildman–Crippen LogP) is 2.59. The summed E-state index contributed by atoms with van der Waals surface area (Å²) in [5, 5.41) is 10.4. The van der Waals surface area contributed by atoms with Crippen LogP contribution in [0.2, 0.25) is 0 Å². The van der Waals surface area contributed by atoms with E-state index in [9.17, 15) is 23.1 Å². The summed E-state index contributed by atoms with van der Waals surface area (Å²) >= 11 is 0. The molecule has 0 saturated carbocycles. The van der Waals surface area contributed by atoms with Crippen LogP contribution in [0.15, 0.2) is 35.2 Å². The fraction of sp³-hybridized carbons (Fsp3) is 0.300. The Morgan fingerprint density at radius 3 is 2.55 bits per heavy atom. The number of sulfonamides is 1. The molecule has 9 heteroatoms. The van der Waals surface area contributed by atoms with Crippen LogP contribution in [0.4, 0.5) is 11.4 Å². The van der Waals surface area contributed by atoms with Gasteiger partial charge in [-0.2, -0.15) is 0 Å². The number of aryl methyl sites for hydroxylation is 1. The maximum absolute atomic E-state index is 12.9. The van der Waals surface area contributed by atoms with Gasteiger partial charge in [0, 0.05) is 18.7 Å². The third-order valence-electron chi connectivity index (χ3n) is 4.94. The number of benzene rings is 2. The number of nitrogens with one attached hydrogen (secondary N) is 1. The van der Waals surface area contributed by atoms with E-state index in [0.29, 0.717) is 17.7 Å². The number of ether oxygens (including phenoxy) is 1. The number of phenols is 1.